The molecule has 2 atom stereocenters. The van der Waals surface area contributed by atoms with Crippen LogP contribution in [0.25, 0.3) is 0 Å². The van der Waals surface area contributed by atoms with Crippen molar-refractivity contribution in [3.05, 3.63) is 34.3 Å². The van der Waals surface area contributed by atoms with E-state index < -0.39 is 18.2 Å². The normalized spacial score (nSPS) is 13.6. The molecule has 1 rings (SSSR count). The number of esters is 1. The van der Waals surface area contributed by atoms with Gasteiger partial charge in [0.25, 0.3) is 0 Å². The van der Waals surface area contributed by atoms with Gasteiger partial charge in [-0.1, -0.05) is 11.6 Å². The first-order chi connectivity index (χ1) is 7.99. The molecule has 1 aromatic rings. The van der Waals surface area contributed by atoms with Crippen molar-refractivity contribution in [1.82, 2.24) is 0 Å². The van der Waals surface area contributed by atoms with Gasteiger partial charge >= 0.3 is 5.97 Å². The number of benzene rings is 1. The fourth-order valence-corrected chi connectivity index (χ4v) is 1.52. The fraction of sp³-hybridized carbons (Fsp3) is 0.273. The molecule has 0 radical (unpaired) electrons. The minimum absolute atomic E-state index is 0.173. The Morgan fingerprint density at radius 3 is 2.65 bits per heavy atom. The van der Waals surface area contributed by atoms with E-state index in [1.807, 2.05) is 6.07 Å². The van der Waals surface area contributed by atoms with Gasteiger partial charge in [0.1, 0.15) is 6.10 Å². The molecule has 0 saturated carbocycles. The lowest BCUT2D eigenvalue weighted by Gasteiger charge is -2.16. The molecular weight excluding hydrogens is 246 g/mol. The van der Waals surface area contributed by atoms with Crippen molar-refractivity contribution in [2.75, 3.05) is 7.11 Å². The molecule has 0 fully saturated rings. The standard InChI is InChI=1S/C11H10ClNO4/c1-17-11(16)10(15)9(14)7-2-6(5-13)3-8(12)4-7/h2-4,9-10,14-15H,1H3. The minimum atomic E-state index is -1.72. The third-order valence-corrected chi connectivity index (χ3v) is 2.35. The number of aliphatic hydroxyl groups excluding tert-OH is 2. The summed E-state index contributed by atoms with van der Waals surface area (Å²) in [6, 6.07) is 5.95. The van der Waals surface area contributed by atoms with Gasteiger partial charge in [-0.3, -0.25) is 0 Å². The van der Waals surface area contributed by atoms with Crippen LogP contribution in [-0.2, 0) is 9.53 Å². The Balaban J connectivity index is 3.04. The van der Waals surface area contributed by atoms with Crippen LogP contribution in [0.15, 0.2) is 18.2 Å². The lowest BCUT2D eigenvalue weighted by Crippen LogP contribution is -2.29. The maximum Gasteiger partial charge on any atom is 0.337 e. The molecule has 0 spiro atoms. The van der Waals surface area contributed by atoms with E-state index in [0.717, 1.165) is 7.11 Å². The molecule has 5 nitrogen and oxygen atoms in total. The smallest absolute Gasteiger partial charge is 0.337 e. The molecule has 6 heteroatoms. The maximum absolute atomic E-state index is 11.0. The number of methoxy groups -OCH3 is 1. The summed E-state index contributed by atoms with van der Waals surface area (Å²) in [5.41, 5.74) is 0.399. The van der Waals surface area contributed by atoms with Gasteiger partial charge in [0.2, 0.25) is 0 Å². The SMILES string of the molecule is COC(=O)C(O)C(O)c1cc(Cl)cc(C#N)c1. The number of carbonyl (C=O) groups is 1. The average molecular weight is 256 g/mol. The number of hydrogen-bond donors (Lipinski definition) is 2. The van der Waals surface area contributed by atoms with Crippen LogP contribution in [0.2, 0.25) is 5.02 Å². The van der Waals surface area contributed by atoms with Gasteiger partial charge < -0.3 is 14.9 Å². The van der Waals surface area contributed by atoms with Crippen LogP contribution in [0.4, 0.5) is 0 Å². The molecule has 90 valence electrons. The zero-order valence-electron chi connectivity index (χ0n) is 8.92. The van der Waals surface area contributed by atoms with Crippen LogP contribution in [0.5, 0.6) is 0 Å². The summed E-state index contributed by atoms with van der Waals surface area (Å²) in [6.07, 6.45) is -3.21. The van der Waals surface area contributed by atoms with E-state index in [0.29, 0.717) is 0 Å². The minimum Gasteiger partial charge on any atom is -0.467 e. The highest BCUT2D eigenvalue weighted by Crippen LogP contribution is 2.23. The molecule has 0 aromatic heterocycles. The first-order valence-electron chi connectivity index (χ1n) is 4.64. The summed E-state index contributed by atoms with van der Waals surface area (Å²) in [5, 5.41) is 28.1. The van der Waals surface area contributed by atoms with Crippen molar-refractivity contribution >= 4 is 17.6 Å². The summed E-state index contributed by atoms with van der Waals surface area (Å²) in [7, 11) is 1.09. The number of ether oxygens (including phenoxy) is 1. The Morgan fingerprint density at radius 2 is 2.12 bits per heavy atom. The molecule has 0 bridgehead atoms. The van der Waals surface area contributed by atoms with Gasteiger partial charge in [0.15, 0.2) is 6.10 Å². The van der Waals surface area contributed by atoms with Crippen molar-refractivity contribution in [1.29, 1.82) is 5.26 Å². The number of rotatable bonds is 3. The van der Waals surface area contributed by atoms with Crippen LogP contribution in [0.3, 0.4) is 0 Å². The molecule has 0 saturated heterocycles. The quantitative estimate of drug-likeness (QED) is 0.779. The Morgan fingerprint density at radius 1 is 1.47 bits per heavy atom. The Bertz CT molecular complexity index is 469. The third kappa shape index (κ3) is 3.17. The highest BCUT2D eigenvalue weighted by atomic mass is 35.5. The Kier molecular flexibility index (Phi) is 4.46. The second-order valence-electron chi connectivity index (χ2n) is 3.30. The lowest BCUT2D eigenvalue weighted by atomic mass is 10.0. The number of hydrogen-bond acceptors (Lipinski definition) is 5. The number of halogens is 1. The molecule has 2 N–H and O–H groups in total. The van der Waals surface area contributed by atoms with Crippen LogP contribution in [0, 0.1) is 11.3 Å². The topological polar surface area (TPSA) is 90.6 Å². The lowest BCUT2D eigenvalue weighted by molar-refractivity contribution is -0.156. The van der Waals surface area contributed by atoms with Gasteiger partial charge in [-0.05, 0) is 23.8 Å². The van der Waals surface area contributed by atoms with Crippen LogP contribution >= 0.6 is 11.6 Å². The molecule has 0 aliphatic rings. The second-order valence-corrected chi connectivity index (χ2v) is 3.73. The number of carbonyl (C=O) groups excluding carboxylic acids is 1. The van der Waals surface area contributed by atoms with E-state index in [2.05, 4.69) is 4.74 Å². The number of aliphatic hydroxyl groups is 2. The monoisotopic (exact) mass is 255 g/mol. The Labute approximate surface area is 103 Å². The molecule has 0 amide bonds. The van der Waals surface area contributed by atoms with Gasteiger partial charge in [-0.25, -0.2) is 4.79 Å². The molecule has 2 unspecified atom stereocenters. The highest BCUT2D eigenvalue weighted by Gasteiger charge is 2.26. The van der Waals surface area contributed by atoms with Gasteiger partial charge in [0, 0.05) is 5.02 Å². The first kappa shape index (κ1) is 13.5. The van der Waals surface area contributed by atoms with E-state index in [-0.39, 0.29) is 16.1 Å². The highest BCUT2D eigenvalue weighted by molar-refractivity contribution is 6.30. The summed E-state index contributed by atoms with van der Waals surface area (Å²) in [4.78, 5) is 11.0. The molecule has 17 heavy (non-hydrogen) atoms. The van der Waals surface area contributed by atoms with E-state index in [1.54, 1.807) is 0 Å². The number of nitrogens with zero attached hydrogens (tertiary/aromatic N) is 1. The van der Waals surface area contributed by atoms with E-state index in [4.69, 9.17) is 16.9 Å². The van der Waals surface area contributed by atoms with Crippen molar-refractivity contribution < 1.29 is 19.7 Å². The van der Waals surface area contributed by atoms with E-state index in [9.17, 15) is 15.0 Å². The number of nitriles is 1. The predicted octanol–water partition coefficient (Wildman–Crippen LogP) is 0.779. The maximum atomic E-state index is 11.0. The zero-order chi connectivity index (χ0) is 13.0. The van der Waals surface area contributed by atoms with Crippen molar-refractivity contribution in [3.63, 3.8) is 0 Å². The molecular formula is C11H10ClNO4. The van der Waals surface area contributed by atoms with Crippen molar-refractivity contribution in [3.8, 4) is 6.07 Å². The van der Waals surface area contributed by atoms with Crippen molar-refractivity contribution in [2.45, 2.75) is 12.2 Å². The van der Waals surface area contributed by atoms with Crippen LogP contribution in [0.1, 0.15) is 17.2 Å². The molecule has 0 heterocycles. The third-order valence-electron chi connectivity index (χ3n) is 2.13. The largest absolute Gasteiger partial charge is 0.467 e. The Hall–Kier alpha value is -1.61. The van der Waals surface area contributed by atoms with E-state index in [1.165, 1.54) is 18.2 Å². The van der Waals surface area contributed by atoms with Crippen molar-refractivity contribution in [2.24, 2.45) is 0 Å². The average Bonchev–Trinajstić information content (AvgIpc) is 2.35. The van der Waals surface area contributed by atoms with Gasteiger partial charge in [-0.2, -0.15) is 5.26 Å². The van der Waals surface area contributed by atoms with Gasteiger partial charge in [-0.15, -0.1) is 0 Å². The molecule has 0 aliphatic carbocycles. The fourth-order valence-electron chi connectivity index (χ4n) is 1.28. The predicted molar refractivity (Wildman–Crippen MR) is 59.1 cm³/mol. The van der Waals surface area contributed by atoms with E-state index >= 15 is 0 Å². The summed E-state index contributed by atoms with van der Waals surface area (Å²) < 4.78 is 4.29. The summed E-state index contributed by atoms with van der Waals surface area (Å²) in [6.45, 7) is 0. The van der Waals surface area contributed by atoms with Crippen LogP contribution in [-0.4, -0.2) is 29.4 Å². The zero-order valence-corrected chi connectivity index (χ0v) is 9.68. The molecule has 1 aromatic carbocycles. The van der Waals surface area contributed by atoms with Gasteiger partial charge in [0.05, 0.1) is 18.7 Å². The summed E-state index contributed by atoms with van der Waals surface area (Å²) in [5.74, 6) is -0.962. The molecule has 0 aliphatic heterocycles. The summed E-state index contributed by atoms with van der Waals surface area (Å²) >= 11 is 5.73. The second kappa shape index (κ2) is 5.64. The first-order valence-corrected chi connectivity index (χ1v) is 5.02. The van der Waals surface area contributed by atoms with Crippen LogP contribution < -0.4 is 0 Å².